The van der Waals surface area contributed by atoms with Crippen LogP contribution in [0.1, 0.15) is 25.5 Å². The van der Waals surface area contributed by atoms with Crippen molar-refractivity contribution in [3.05, 3.63) is 42.4 Å². The molecule has 0 bridgehead atoms. The molecule has 0 radical (unpaired) electrons. The van der Waals surface area contributed by atoms with Crippen molar-refractivity contribution in [1.82, 2.24) is 14.5 Å². The van der Waals surface area contributed by atoms with Gasteiger partial charge in [0.15, 0.2) is 5.82 Å². The standard InChI is InChI=1S/C20H23FN4O/c1-14-12-15(14)19(26)23-10-6-20(13-23)17-5-3-9-24(17)18-16(4-2-8-22-18)25(20)11-7-21/h2-5,8-9,14-15H,6-7,10-13H2,1H3/t14-,15-,20+/m1/s1. The van der Waals surface area contributed by atoms with Crippen molar-refractivity contribution in [2.45, 2.75) is 25.3 Å². The van der Waals surface area contributed by atoms with Gasteiger partial charge in [0.05, 0.1) is 11.4 Å². The molecule has 3 aliphatic rings. The molecule has 0 unspecified atom stereocenters. The van der Waals surface area contributed by atoms with Gasteiger partial charge in [-0.2, -0.15) is 0 Å². The number of rotatable bonds is 3. The molecule has 1 saturated carbocycles. The number of alkyl halides is 1. The van der Waals surface area contributed by atoms with Gasteiger partial charge in [-0.1, -0.05) is 6.92 Å². The van der Waals surface area contributed by atoms with E-state index in [1.54, 1.807) is 6.20 Å². The number of anilines is 1. The van der Waals surface area contributed by atoms with Gasteiger partial charge < -0.3 is 14.4 Å². The van der Waals surface area contributed by atoms with Crippen LogP contribution in [0.25, 0.3) is 5.82 Å². The first-order valence-corrected chi connectivity index (χ1v) is 9.41. The Hall–Kier alpha value is -2.37. The number of carbonyl (C=O) groups is 1. The second-order valence-corrected chi connectivity index (χ2v) is 7.81. The first-order valence-electron chi connectivity index (χ1n) is 9.41. The van der Waals surface area contributed by atoms with Crippen molar-refractivity contribution in [3.63, 3.8) is 0 Å². The Morgan fingerprint density at radius 2 is 2.23 bits per heavy atom. The van der Waals surface area contributed by atoms with Crippen molar-refractivity contribution in [2.24, 2.45) is 11.8 Å². The summed E-state index contributed by atoms with van der Waals surface area (Å²) in [5, 5.41) is 0. The van der Waals surface area contributed by atoms with Crippen LogP contribution in [-0.4, -0.2) is 46.7 Å². The van der Waals surface area contributed by atoms with Gasteiger partial charge in [-0.15, -0.1) is 0 Å². The minimum Gasteiger partial charge on any atom is -0.353 e. The lowest BCUT2D eigenvalue weighted by molar-refractivity contribution is -0.132. The van der Waals surface area contributed by atoms with Gasteiger partial charge in [-0.05, 0) is 43.0 Å². The van der Waals surface area contributed by atoms with E-state index in [2.05, 4.69) is 27.4 Å². The number of pyridine rings is 1. The van der Waals surface area contributed by atoms with E-state index in [1.165, 1.54) is 0 Å². The third-order valence-electron chi connectivity index (χ3n) is 6.32. The van der Waals surface area contributed by atoms with Crippen LogP contribution < -0.4 is 4.90 Å². The van der Waals surface area contributed by atoms with E-state index in [1.807, 2.05) is 29.3 Å². The highest BCUT2D eigenvalue weighted by atomic mass is 19.1. The van der Waals surface area contributed by atoms with Gasteiger partial charge in [-0.3, -0.25) is 4.79 Å². The second-order valence-electron chi connectivity index (χ2n) is 7.81. The van der Waals surface area contributed by atoms with Crippen LogP contribution in [-0.2, 0) is 10.3 Å². The summed E-state index contributed by atoms with van der Waals surface area (Å²) in [6.07, 6.45) is 5.61. The average molecular weight is 354 g/mol. The van der Waals surface area contributed by atoms with Crippen LogP contribution in [0.15, 0.2) is 36.7 Å². The van der Waals surface area contributed by atoms with Crippen molar-refractivity contribution in [3.8, 4) is 5.82 Å². The van der Waals surface area contributed by atoms with Gasteiger partial charge in [0.25, 0.3) is 0 Å². The fourth-order valence-electron chi connectivity index (χ4n) is 4.83. The molecule has 1 aliphatic carbocycles. The van der Waals surface area contributed by atoms with E-state index in [-0.39, 0.29) is 17.4 Å². The number of hydrogen-bond acceptors (Lipinski definition) is 3. The van der Waals surface area contributed by atoms with Crippen LogP contribution in [0.4, 0.5) is 10.1 Å². The third-order valence-corrected chi connectivity index (χ3v) is 6.32. The Balaban J connectivity index is 1.58. The third kappa shape index (κ3) is 2.07. The molecular weight excluding hydrogens is 331 g/mol. The van der Waals surface area contributed by atoms with Gasteiger partial charge in [0.2, 0.25) is 5.91 Å². The molecule has 6 heteroatoms. The first kappa shape index (κ1) is 15.9. The van der Waals surface area contributed by atoms with Gasteiger partial charge >= 0.3 is 0 Å². The maximum Gasteiger partial charge on any atom is 0.226 e. The number of hydrogen-bond donors (Lipinski definition) is 0. The van der Waals surface area contributed by atoms with Gasteiger partial charge in [0.1, 0.15) is 12.2 Å². The Labute approximate surface area is 152 Å². The lowest BCUT2D eigenvalue weighted by atomic mass is 9.89. The highest BCUT2D eigenvalue weighted by Crippen LogP contribution is 2.48. The lowest BCUT2D eigenvalue weighted by Gasteiger charge is -2.46. The Morgan fingerprint density at radius 1 is 1.38 bits per heavy atom. The molecule has 2 fully saturated rings. The quantitative estimate of drug-likeness (QED) is 0.851. The van der Waals surface area contributed by atoms with E-state index in [0.717, 1.165) is 36.6 Å². The predicted molar refractivity (Wildman–Crippen MR) is 97.0 cm³/mol. The molecule has 2 aromatic rings. The van der Waals surface area contributed by atoms with E-state index in [9.17, 15) is 9.18 Å². The molecular formula is C20H23FN4O. The maximum atomic E-state index is 13.5. The predicted octanol–water partition coefficient (Wildman–Crippen LogP) is 2.75. The van der Waals surface area contributed by atoms with Crippen LogP contribution in [0.3, 0.4) is 0 Å². The van der Waals surface area contributed by atoms with Crippen LogP contribution in [0, 0.1) is 11.8 Å². The normalized spacial score (nSPS) is 29.0. The summed E-state index contributed by atoms with van der Waals surface area (Å²) in [5.74, 6) is 1.79. The zero-order chi connectivity index (χ0) is 17.9. The minimum absolute atomic E-state index is 0.184. The zero-order valence-electron chi connectivity index (χ0n) is 14.9. The number of fused-ring (bicyclic) bond motifs is 4. The van der Waals surface area contributed by atoms with E-state index in [4.69, 9.17) is 0 Å². The summed E-state index contributed by atoms with van der Waals surface area (Å²) in [6, 6.07) is 8.02. The maximum absolute atomic E-state index is 13.5. The van der Waals surface area contributed by atoms with Gasteiger partial charge in [-0.25, -0.2) is 9.37 Å². The molecule has 5 nitrogen and oxygen atoms in total. The number of halogens is 1. The summed E-state index contributed by atoms with van der Waals surface area (Å²) in [5.41, 5.74) is 1.68. The topological polar surface area (TPSA) is 41.4 Å². The number of nitrogens with zero attached hydrogens (tertiary/aromatic N) is 4. The molecule has 26 heavy (non-hydrogen) atoms. The summed E-state index contributed by atoms with van der Waals surface area (Å²) in [4.78, 5) is 21.5. The van der Waals surface area contributed by atoms with Crippen LogP contribution in [0.5, 0.6) is 0 Å². The zero-order valence-corrected chi connectivity index (χ0v) is 14.9. The van der Waals surface area contributed by atoms with Crippen molar-refractivity contribution in [1.29, 1.82) is 0 Å². The summed E-state index contributed by atoms with van der Waals surface area (Å²) in [7, 11) is 0. The number of aromatic nitrogens is 2. The first-order chi connectivity index (χ1) is 12.7. The smallest absolute Gasteiger partial charge is 0.226 e. The molecule has 3 atom stereocenters. The SMILES string of the molecule is C[C@@H]1C[C@H]1C(=O)N1CC[C@]2(C1)c1cccn1-c1ncccc1N2CCF. The minimum atomic E-state index is -0.426. The van der Waals surface area contributed by atoms with E-state index in [0.29, 0.717) is 19.0 Å². The van der Waals surface area contributed by atoms with Crippen molar-refractivity contribution >= 4 is 11.6 Å². The summed E-state index contributed by atoms with van der Waals surface area (Å²) >= 11 is 0. The van der Waals surface area contributed by atoms with Crippen molar-refractivity contribution < 1.29 is 9.18 Å². The molecule has 5 rings (SSSR count). The highest BCUT2D eigenvalue weighted by molar-refractivity contribution is 5.82. The van der Waals surface area contributed by atoms with Crippen LogP contribution >= 0.6 is 0 Å². The van der Waals surface area contributed by atoms with E-state index < -0.39 is 6.67 Å². The molecule has 0 N–H and O–H groups in total. The number of carbonyl (C=O) groups excluding carboxylic acids is 1. The number of amides is 1. The van der Waals surface area contributed by atoms with Crippen molar-refractivity contribution in [2.75, 3.05) is 31.2 Å². The monoisotopic (exact) mass is 354 g/mol. The summed E-state index contributed by atoms with van der Waals surface area (Å²) < 4.78 is 15.6. The highest BCUT2D eigenvalue weighted by Gasteiger charge is 2.52. The molecule has 2 aromatic heterocycles. The Morgan fingerprint density at radius 3 is 3.00 bits per heavy atom. The average Bonchev–Trinajstić information content (AvgIpc) is 3.05. The molecule has 4 heterocycles. The molecule has 136 valence electrons. The fraction of sp³-hybridized carbons (Fsp3) is 0.500. The van der Waals surface area contributed by atoms with Gasteiger partial charge in [0, 0.05) is 37.9 Å². The summed E-state index contributed by atoms with van der Waals surface area (Å²) in [6.45, 7) is 3.37. The Bertz CT molecular complexity index is 865. The molecule has 1 spiro atoms. The molecule has 2 aliphatic heterocycles. The second kappa shape index (κ2) is 5.56. The molecule has 1 amide bonds. The largest absolute Gasteiger partial charge is 0.353 e. The van der Waals surface area contributed by atoms with Crippen LogP contribution in [0.2, 0.25) is 0 Å². The lowest BCUT2D eigenvalue weighted by Crippen LogP contribution is -2.53. The molecule has 1 saturated heterocycles. The molecule has 0 aromatic carbocycles. The van der Waals surface area contributed by atoms with E-state index >= 15 is 0 Å². The fourth-order valence-corrected chi connectivity index (χ4v) is 4.83. The number of likely N-dealkylation sites (tertiary alicyclic amines) is 1. The Kier molecular flexibility index (Phi) is 3.39.